The lowest BCUT2D eigenvalue weighted by molar-refractivity contribution is -0.136. The number of likely N-dealkylation sites (tertiary alicyclic amines) is 1. The van der Waals surface area contributed by atoms with E-state index < -0.39 is 5.97 Å². The van der Waals surface area contributed by atoms with Gasteiger partial charge in [-0.1, -0.05) is 30.3 Å². The lowest BCUT2D eigenvalue weighted by Gasteiger charge is -2.38. The van der Waals surface area contributed by atoms with Crippen LogP contribution in [0.15, 0.2) is 42.7 Å². The highest BCUT2D eigenvalue weighted by Gasteiger charge is 2.43. The van der Waals surface area contributed by atoms with Crippen LogP contribution in [-0.4, -0.2) is 64.6 Å². The molecule has 8 nitrogen and oxygen atoms in total. The molecule has 0 aliphatic carbocycles. The van der Waals surface area contributed by atoms with Crippen molar-refractivity contribution in [1.82, 2.24) is 14.7 Å². The van der Waals surface area contributed by atoms with Crippen LogP contribution in [0.25, 0.3) is 0 Å². The van der Waals surface area contributed by atoms with E-state index in [-0.39, 0.29) is 24.2 Å². The lowest BCUT2D eigenvalue weighted by atomic mass is 9.88. The first-order valence-electron chi connectivity index (χ1n) is 10.8. The number of aromatic nitrogens is 2. The average Bonchev–Trinajstić information content (AvgIpc) is 3.41. The number of piperidine rings is 1. The third-order valence-electron chi connectivity index (χ3n) is 5.97. The Morgan fingerprint density at radius 1 is 1.23 bits per heavy atom. The number of esters is 1. The number of carbonyl (C=O) groups is 2. The number of ether oxygens (including phenoxy) is 3. The predicted octanol–water partition coefficient (Wildman–Crippen LogP) is 2.43. The Morgan fingerprint density at radius 2 is 2.00 bits per heavy atom. The van der Waals surface area contributed by atoms with Gasteiger partial charge in [-0.25, -0.2) is 4.79 Å². The molecule has 1 spiro atoms. The molecule has 1 aromatic carbocycles. The Morgan fingerprint density at radius 3 is 2.74 bits per heavy atom. The van der Waals surface area contributed by atoms with Crippen LogP contribution in [0.3, 0.4) is 0 Å². The minimum absolute atomic E-state index is 0.0109. The number of hydrogen-bond acceptors (Lipinski definition) is 6. The summed E-state index contributed by atoms with van der Waals surface area (Å²) in [6, 6.07) is 10.1. The SMILES string of the molecule is CCOC(=O)c1cnn(CC(=O)N2CCC3(CC2)CC(OCc2ccccc2)CO3)c1. The normalized spacial score (nSPS) is 20.2. The smallest absolute Gasteiger partial charge is 0.341 e. The van der Waals surface area contributed by atoms with Crippen molar-refractivity contribution in [1.29, 1.82) is 0 Å². The highest BCUT2D eigenvalue weighted by Crippen LogP contribution is 2.37. The van der Waals surface area contributed by atoms with Crippen molar-refractivity contribution in [3.05, 3.63) is 53.9 Å². The van der Waals surface area contributed by atoms with Gasteiger partial charge in [0.2, 0.25) is 5.91 Å². The molecule has 2 aromatic rings. The topological polar surface area (TPSA) is 82.9 Å². The zero-order valence-corrected chi connectivity index (χ0v) is 17.9. The minimum atomic E-state index is -0.427. The van der Waals surface area contributed by atoms with Gasteiger partial charge in [-0.15, -0.1) is 0 Å². The van der Waals surface area contributed by atoms with Gasteiger partial charge in [0.25, 0.3) is 0 Å². The van der Waals surface area contributed by atoms with Crippen LogP contribution in [0.2, 0.25) is 0 Å². The van der Waals surface area contributed by atoms with Crippen molar-refractivity contribution in [3.63, 3.8) is 0 Å². The molecule has 2 aliphatic heterocycles. The van der Waals surface area contributed by atoms with E-state index in [0.29, 0.717) is 38.5 Å². The second-order valence-electron chi connectivity index (χ2n) is 8.14. The first-order chi connectivity index (χ1) is 15.1. The van der Waals surface area contributed by atoms with Crippen molar-refractivity contribution in [2.45, 2.75) is 51.0 Å². The molecule has 0 radical (unpaired) electrons. The van der Waals surface area contributed by atoms with Crippen LogP contribution in [-0.2, 0) is 32.2 Å². The summed E-state index contributed by atoms with van der Waals surface area (Å²) in [5, 5.41) is 4.11. The summed E-state index contributed by atoms with van der Waals surface area (Å²) in [7, 11) is 0. The molecule has 1 amide bonds. The van der Waals surface area contributed by atoms with Gasteiger partial charge < -0.3 is 19.1 Å². The van der Waals surface area contributed by atoms with Gasteiger partial charge in [0.1, 0.15) is 6.54 Å². The maximum absolute atomic E-state index is 12.7. The molecule has 1 aromatic heterocycles. The van der Waals surface area contributed by atoms with Gasteiger partial charge in [-0.2, -0.15) is 5.10 Å². The van der Waals surface area contributed by atoms with Gasteiger partial charge in [0.05, 0.1) is 43.3 Å². The molecule has 8 heteroatoms. The Hall–Kier alpha value is -2.71. The Kier molecular flexibility index (Phi) is 6.67. The fourth-order valence-corrected chi connectivity index (χ4v) is 4.22. The maximum Gasteiger partial charge on any atom is 0.341 e. The predicted molar refractivity (Wildman–Crippen MR) is 112 cm³/mol. The second kappa shape index (κ2) is 9.62. The fraction of sp³-hybridized carbons (Fsp3) is 0.522. The van der Waals surface area contributed by atoms with E-state index in [0.717, 1.165) is 24.8 Å². The number of amides is 1. The van der Waals surface area contributed by atoms with E-state index in [4.69, 9.17) is 14.2 Å². The molecule has 1 atom stereocenters. The largest absolute Gasteiger partial charge is 0.462 e. The molecule has 4 rings (SSSR count). The van der Waals surface area contributed by atoms with Crippen molar-refractivity contribution in [2.24, 2.45) is 0 Å². The molecular weight excluding hydrogens is 398 g/mol. The summed E-state index contributed by atoms with van der Waals surface area (Å²) in [6.07, 6.45) is 5.54. The third kappa shape index (κ3) is 5.32. The van der Waals surface area contributed by atoms with E-state index in [1.54, 1.807) is 13.1 Å². The molecule has 3 heterocycles. The standard InChI is InChI=1S/C23H29N3O5/c1-2-29-22(28)19-13-24-26(14-19)15-21(27)25-10-8-23(9-11-25)12-20(17-31-23)30-16-18-6-4-3-5-7-18/h3-7,13-14,20H,2,8-12,15-17H2,1H3. The second-order valence-corrected chi connectivity index (χ2v) is 8.14. The van der Waals surface area contributed by atoms with Crippen LogP contribution in [0.4, 0.5) is 0 Å². The van der Waals surface area contributed by atoms with Gasteiger partial charge in [-0.3, -0.25) is 9.48 Å². The Balaban J connectivity index is 1.23. The zero-order valence-electron chi connectivity index (χ0n) is 17.9. The van der Waals surface area contributed by atoms with Crippen LogP contribution in [0, 0.1) is 0 Å². The van der Waals surface area contributed by atoms with Gasteiger partial charge in [0.15, 0.2) is 0 Å². The minimum Gasteiger partial charge on any atom is -0.462 e. The number of hydrogen-bond donors (Lipinski definition) is 0. The van der Waals surface area contributed by atoms with Gasteiger partial charge in [0, 0.05) is 25.7 Å². The van der Waals surface area contributed by atoms with E-state index in [9.17, 15) is 9.59 Å². The summed E-state index contributed by atoms with van der Waals surface area (Å²) in [4.78, 5) is 26.3. The van der Waals surface area contributed by atoms with Gasteiger partial charge in [-0.05, 0) is 25.3 Å². The van der Waals surface area contributed by atoms with Crippen molar-refractivity contribution in [3.8, 4) is 0 Å². The number of carbonyl (C=O) groups excluding carboxylic acids is 2. The van der Waals surface area contributed by atoms with E-state index in [2.05, 4.69) is 17.2 Å². The number of nitrogens with zero attached hydrogens (tertiary/aromatic N) is 3. The molecule has 0 saturated carbocycles. The van der Waals surface area contributed by atoms with Gasteiger partial charge >= 0.3 is 5.97 Å². The lowest BCUT2D eigenvalue weighted by Crippen LogP contribution is -2.47. The third-order valence-corrected chi connectivity index (χ3v) is 5.97. The molecule has 2 saturated heterocycles. The number of benzene rings is 1. The molecule has 166 valence electrons. The molecule has 2 fully saturated rings. The molecule has 1 unspecified atom stereocenters. The molecular formula is C23H29N3O5. The Bertz CT molecular complexity index is 890. The zero-order chi connectivity index (χ0) is 21.7. The van der Waals surface area contributed by atoms with Crippen LogP contribution in [0.5, 0.6) is 0 Å². The summed E-state index contributed by atoms with van der Waals surface area (Å²) in [5.41, 5.74) is 1.32. The van der Waals surface area contributed by atoms with Crippen LogP contribution in [0.1, 0.15) is 42.1 Å². The maximum atomic E-state index is 12.7. The molecule has 31 heavy (non-hydrogen) atoms. The quantitative estimate of drug-likeness (QED) is 0.631. The van der Waals surface area contributed by atoms with E-state index >= 15 is 0 Å². The van der Waals surface area contributed by atoms with E-state index in [1.165, 1.54) is 10.9 Å². The summed E-state index contributed by atoms with van der Waals surface area (Å²) < 4.78 is 18.6. The van der Waals surface area contributed by atoms with Crippen molar-refractivity contribution < 1.29 is 23.8 Å². The van der Waals surface area contributed by atoms with Crippen molar-refractivity contribution in [2.75, 3.05) is 26.3 Å². The Labute approximate surface area is 182 Å². The summed E-state index contributed by atoms with van der Waals surface area (Å²) >= 11 is 0. The highest BCUT2D eigenvalue weighted by atomic mass is 16.6. The summed E-state index contributed by atoms with van der Waals surface area (Å²) in [6.45, 7) is 4.65. The average molecular weight is 428 g/mol. The highest BCUT2D eigenvalue weighted by molar-refractivity contribution is 5.88. The fourth-order valence-electron chi connectivity index (χ4n) is 4.22. The monoisotopic (exact) mass is 427 g/mol. The number of rotatable bonds is 7. The summed E-state index contributed by atoms with van der Waals surface area (Å²) in [5.74, 6) is -0.438. The first-order valence-corrected chi connectivity index (χ1v) is 10.8. The molecule has 0 bridgehead atoms. The molecule has 2 aliphatic rings. The van der Waals surface area contributed by atoms with Crippen LogP contribution >= 0.6 is 0 Å². The van der Waals surface area contributed by atoms with Crippen molar-refractivity contribution >= 4 is 11.9 Å². The van der Waals surface area contributed by atoms with E-state index in [1.807, 2.05) is 23.1 Å². The first kappa shape index (κ1) is 21.5. The van der Waals surface area contributed by atoms with Crippen LogP contribution < -0.4 is 0 Å². The molecule has 0 N–H and O–H groups in total.